The van der Waals surface area contributed by atoms with E-state index in [-0.39, 0.29) is 47.6 Å². The average molecular weight is 597 g/mol. The van der Waals surface area contributed by atoms with Crippen molar-refractivity contribution in [3.63, 3.8) is 0 Å². The second-order valence-corrected chi connectivity index (χ2v) is 10.3. The Hall–Kier alpha value is -3.71. The van der Waals surface area contributed by atoms with Gasteiger partial charge in [0, 0.05) is 26.3 Å². The monoisotopic (exact) mass is 596 g/mol. The topological polar surface area (TPSA) is 124 Å². The lowest BCUT2D eigenvalue weighted by atomic mass is 9.82. The second kappa shape index (κ2) is 14.5. The van der Waals surface area contributed by atoms with Crippen LogP contribution in [0.15, 0.2) is 30.5 Å². The summed E-state index contributed by atoms with van der Waals surface area (Å²) in [4.78, 5) is 43.1. The third kappa shape index (κ3) is 8.19. The number of carbonyl (C=O) groups is 3. The van der Waals surface area contributed by atoms with Gasteiger partial charge >= 0.3 is 18.1 Å². The van der Waals surface area contributed by atoms with Gasteiger partial charge in [-0.2, -0.15) is 13.2 Å². The van der Waals surface area contributed by atoms with Crippen LogP contribution in [0.4, 0.5) is 18.9 Å². The van der Waals surface area contributed by atoms with E-state index in [0.717, 1.165) is 26.1 Å². The van der Waals surface area contributed by atoms with Crippen molar-refractivity contribution in [3.8, 4) is 11.6 Å². The highest BCUT2D eigenvalue weighted by molar-refractivity contribution is 6.04. The fourth-order valence-corrected chi connectivity index (χ4v) is 5.01. The smallest absolute Gasteiger partial charge is 0.421 e. The van der Waals surface area contributed by atoms with Crippen LogP contribution in [0.2, 0.25) is 0 Å². The molecule has 3 rings (SSSR count). The standard InChI is InChI=1S/C29H35F3N2O8/c1-17-5-7-19(8-6-17)27(37)34(20(15-39-2)16-40-3)24-10-9-21(13-22(24)28(38)41-4)42-26-23(29(30,31)32)11-18(14-33-26)12-25(35)36/h9-11,13-14,17,19-20H,5-8,12,15-16H2,1-4H3,(H,35,36)/t17-,19-. The van der Waals surface area contributed by atoms with Crippen LogP contribution in [0.25, 0.3) is 0 Å². The number of carbonyl (C=O) groups excluding carboxylic acids is 2. The van der Waals surface area contributed by atoms with E-state index in [1.807, 2.05) is 0 Å². The molecule has 0 aliphatic heterocycles. The molecule has 13 heteroatoms. The molecule has 0 saturated heterocycles. The van der Waals surface area contributed by atoms with E-state index in [1.165, 1.54) is 37.3 Å². The van der Waals surface area contributed by atoms with Gasteiger partial charge in [-0.3, -0.25) is 9.59 Å². The quantitative estimate of drug-likeness (QED) is 0.332. The molecule has 0 atom stereocenters. The van der Waals surface area contributed by atoms with E-state index < -0.39 is 42.0 Å². The normalized spacial score (nSPS) is 17.1. The van der Waals surface area contributed by atoms with E-state index in [1.54, 1.807) is 0 Å². The van der Waals surface area contributed by atoms with Crippen LogP contribution >= 0.6 is 0 Å². The van der Waals surface area contributed by atoms with Crippen molar-refractivity contribution >= 4 is 23.5 Å². The molecular formula is C29H35F3N2O8. The number of carboxylic acid groups (broad SMARTS) is 1. The first-order valence-electron chi connectivity index (χ1n) is 13.4. The predicted molar refractivity (Wildman–Crippen MR) is 145 cm³/mol. The van der Waals surface area contributed by atoms with E-state index in [2.05, 4.69) is 11.9 Å². The van der Waals surface area contributed by atoms with Crippen LogP contribution in [0.1, 0.15) is 54.1 Å². The maximum absolute atomic E-state index is 14.0. The van der Waals surface area contributed by atoms with Crippen molar-refractivity contribution < 1.29 is 51.6 Å². The molecule has 1 N–H and O–H groups in total. The summed E-state index contributed by atoms with van der Waals surface area (Å²) in [6.07, 6.45) is -1.51. The fourth-order valence-electron chi connectivity index (χ4n) is 5.01. The Balaban J connectivity index is 2.08. The molecule has 0 spiro atoms. The van der Waals surface area contributed by atoms with Crippen LogP contribution in [0.5, 0.6) is 11.6 Å². The minimum absolute atomic E-state index is 0.0864. The van der Waals surface area contributed by atoms with Crippen LogP contribution in [-0.2, 0) is 36.4 Å². The second-order valence-electron chi connectivity index (χ2n) is 10.3. The van der Waals surface area contributed by atoms with Crippen molar-refractivity contribution in [3.05, 3.63) is 47.2 Å². The van der Waals surface area contributed by atoms with Gasteiger partial charge in [0.1, 0.15) is 11.3 Å². The van der Waals surface area contributed by atoms with Gasteiger partial charge < -0.3 is 29.0 Å². The zero-order chi connectivity index (χ0) is 31.0. The number of aliphatic carboxylic acids is 1. The Morgan fingerprint density at radius 1 is 1.05 bits per heavy atom. The van der Waals surface area contributed by atoms with Gasteiger partial charge in [0.15, 0.2) is 0 Å². The zero-order valence-electron chi connectivity index (χ0n) is 23.9. The first kappa shape index (κ1) is 32.8. The maximum Gasteiger partial charge on any atom is 0.421 e. The Morgan fingerprint density at radius 3 is 2.24 bits per heavy atom. The van der Waals surface area contributed by atoms with Gasteiger partial charge in [0.05, 0.1) is 44.0 Å². The van der Waals surface area contributed by atoms with Crippen molar-refractivity contribution in [1.29, 1.82) is 0 Å². The highest BCUT2D eigenvalue weighted by Crippen LogP contribution is 2.39. The fraction of sp³-hybridized carbons (Fsp3) is 0.517. The number of anilines is 1. The number of hydrogen-bond acceptors (Lipinski definition) is 8. The van der Waals surface area contributed by atoms with Crippen LogP contribution < -0.4 is 9.64 Å². The van der Waals surface area contributed by atoms with E-state index >= 15 is 0 Å². The third-order valence-electron chi connectivity index (χ3n) is 7.10. The summed E-state index contributed by atoms with van der Waals surface area (Å²) in [6, 6.07) is 3.91. The molecule has 1 aromatic heterocycles. The number of ether oxygens (including phenoxy) is 4. The summed E-state index contributed by atoms with van der Waals surface area (Å²) in [5.74, 6) is -3.22. The summed E-state index contributed by atoms with van der Waals surface area (Å²) in [5, 5.41) is 8.95. The molecule has 0 bridgehead atoms. The van der Waals surface area contributed by atoms with Gasteiger partial charge in [-0.15, -0.1) is 0 Å². The van der Waals surface area contributed by atoms with E-state index in [9.17, 15) is 27.6 Å². The minimum atomic E-state index is -4.91. The molecule has 42 heavy (non-hydrogen) atoms. The van der Waals surface area contributed by atoms with Crippen molar-refractivity contribution in [2.45, 2.75) is 51.2 Å². The highest BCUT2D eigenvalue weighted by Gasteiger charge is 2.37. The number of pyridine rings is 1. The summed E-state index contributed by atoms with van der Waals surface area (Å²) in [6.45, 7) is 2.30. The molecule has 1 heterocycles. The number of benzene rings is 1. The van der Waals surface area contributed by atoms with Gasteiger partial charge in [0.2, 0.25) is 11.8 Å². The Bertz CT molecular complexity index is 1260. The van der Waals surface area contributed by atoms with Gasteiger partial charge in [-0.25, -0.2) is 9.78 Å². The Morgan fingerprint density at radius 2 is 1.69 bits per heavy atom. The van der Waals surface area contributed by atoms with Gasteiger partial charge in [0.25, 0.3) is 0 Å². The van der Waals surface area contributed by atoms with Crippen LogP contribution in [0.3, 0.4) is 0 Å². The molecule has 2 aromatic rings. The molecule has 230 valence electrons. The first-order valence-corrected chi connectivity index (χ1v) is 13.4. The molecule has 0 unspecified atom stereocenters. The summed E-state index contributed by atoms with van der Waals surface area (Å²) < 4.78 is 62.6. The number of alkyl halides is 3. The largest absolute Gasteiger partial charge is 0.481 e. The van der Waals surface area contributed by atoms with Crippen molar-refractivity contribution in [1.82, 2.24) is 4.98 Å². The van der Waals surface area contributed by atoms with Gasteiger partial charge in [-0.05, 0) is 61.4 Å². The predicted octanol–water partition coefficient (Wildman–Crippen LogP) is 5.13. The number of rotatable bonds is 12. The van der Waals surface area contributed by atoms with E-state index in [4.69, 9.17) is 24.1 Å². The number of methoxy groups -OCH3 is 3. The maximum atomic E-state index is 14.0. The number of aromatic nitrogens is 1. The summed E-state index contributed by atoms with van der Waals surface area (Å²) in [5.41, 5.74) is -1.41. The van der Waals surface area contributed by atoms with Gasteiger partial charge in [-0.1, -0.05) is 6.92 Å². The van der Waals surface area contributed by atoms with E-state index in [0.29, 0.717) is 24.8 Å². The van der Waals surface area contributed by atoms with Crippen molar-refractivity contribution in [2.75, 3.05) is 39.4 Å². The molecule has 1 saturated carbocycles. The molecule has 0 radical (unpaired) electrons. The molecule has 1 amide bonds. The van der Waals surface area contributed by atoms with Crippen LogP contribution in [-0.4, -0.2) is 68.5 Å². The number of hydrogen-bond donors (Lipinski definition) is 1. The first-order chi connectivity index (χ1) is 19.9. The number of esters is 1. The molecule has 1 aliphatic carbocycles. The Labute approximate surface area is 241 Å². The molecule has 10 nitrogen and oxygen atoms in total. The zero-order valence-corrected chi connectivity index (χ0v) is 23.9. The molecule has 1 aliphatic rings. The summed E-state index contributed by atoms with van der Waals surface area (Å²) in [7, 11) is 4.08. The lowest BCUT2D eigenvalue weighted by molar-refractivity contribution is -0.139. The molecule has 1 aromatic carbocycles. The Kier molecular flexibility index (Phi) is 11.3. The third-order valence-corrected chi connectivity index (χ3v) is 7.10. The minimum Gasteiger partial charge on any atom is -0.481 e. The molecule has 1 fully saturated rings. The van der Waals surface area contributed by atoms with Crippen molar-refractivity contribution in [2.24, 2.45) is 11.8 Å². The number of amides is 1. The lowest BCUT2D eigenvalue weighted by Crippen LogP contribution is -2.49. The lowest BCUT2D eigenvalue weighted by Gasteiger charge is -2.36. The van der Waals surface area contributed by atoms with Crippen LogP contribution in [0, 0.1) is 11.8 Å². The average Bonchev–Trinajstić information content (AvgIpc) is 2.94. The highest BCUT2D eigenvalue weighted by atomic mass is 19.4. The summed E-state index contributed by atoms with van der Waals surface area (Å²) >= 11 is 0. The number of nitrogens with zero attached hydrogens (tertiary/aromatic N) is 2. The number of carboxylic acids is 1. The SMILES string of the molecule is COCC(COC)N(c1ccc(Oc2ncc(CC(=O)O)cc2C(F)(F)F)cc1C(=O)OC)C(=O)[C@H]1CC[C@H](C)CC1. The molecular weight excluding hydrogens is 561 g/mol. The number of halogens is 3.